The highest BCUT2D eigenvalue weighted by atomic mass is 15.1. The van der Waals surface area contributed by atoms with Gasteiger partial charge in [-0.3, -0.25) is 0 Å². The summed E-state index contributed by atoms with van der Waals surface area (Å²) in [5.74, 6) is 0.766. The van der Waals surface area contributed by atoms with Crippen LogP contribution in [-0.2, 0) is 6.42 Å². The molecule has 0 atom stereocenters. The summed E-state index contributed by atoms with van der Waals surface area (Å²) in [6, 6.07) is 10.7. The second-order valence-electron chi connectivity index (χ2n) is 7.24. The summed E-state index contributed by atoms with van der Waals surface area (Å²) in [6.07, 6.45) is 8.92. The molecule has 0 fully saturated rings. The number of rotatable bonds is 11. The topological polar surface area (TPSA) is 3.24 Å². The Kier molecular flexibility index (Phi) is 9.99. The lowest BCUT2D eigenvalue weighted by molar-refractivity contribution is 0.329. The van der Waals surface area contributed by atoms with Crippen LogP contribution in [0, 0.1) is 5.92 Å². The SMILES string of the molecule is C=C/C(Cc1ccccc1)=C(\C(C)=C/C)N(CCC)CCCC(C)C. The van der Waals surface area contributed by atoms with Gasteiger partial charge >= 0.3 is 0 Å². The summed E-state index contributed by atoms with van der Waals surface area (Å²) in [5.41, 5.74) is 5.41. The van der Waals surface area contributed by atoms with E-state index >= 15 is 0 Å². The number of allylic oxidation sites excluding steroid dienone is 4. The maximum Gasteiger partial charge on any atom is 0.0428 e. The van der Waals surface area contributed by atoms with Gasteiger partial charge in [0.05, 0.1) is 0 Å². The van der Waals surface area contributed by atoms with E-state index in [1.807, 2.05) is 0 Å². The molecule has 1 aromatic rings. The van der Waals surface area contributed by atoms with E-state index in [1.165, 1.54) is 35.2 Å². The lowest BCUT2D eigenvalue weighted by Crippen LogP contribution is -2.27. The van der Waals surface area contributed by atoms with Gasteiger partial charge in [0.15, 0.2) is 0 Å². The summed E-state index contributed by atoms with van der Waals surface area (Å²) in [5, 5.41) is 0. The lowest BCUT2D eigenvalue weighted by atomic mass is 9.98. The first kappa shape index (κ1) is 21.3. The van der Waals surface area contributed by atoms with E-state index in [2.05, 4.69) is 88.6 Å². The average Bonchev–Trinajstić information content (AvgIpc) is 2.61. The third-order valence-electron chi connectivity index (χ3n) is 4.61. The summed E-state index contributed by atoms with van der Waals surface area (Å²) in [7, 11) is 0. The molecule has 0 unspecified atom stereocenters. The van der Waals surface area contributed by atoms with Gasteiger partial charge in [0, 0.05) is 18.8 Å². The van der Waals surface area contributed by atoms with Crippen molar-refractivity contribution in [1.82, 2.24) is 4.90 Å². The molecule has 0 spiro atoms. The molecule has 1 nitrogen and oxygen atoms in total. The molecule has 25 heavy (non-hydrogen) atoms. The Morgan fingerprint density at radius 3 is 2.36 bits per heavy atom. The van der Waals surface area contributed by atoms with Gasteiger partial charge in [-0.15, -0.1) is 0 Å². The molecule has 0 saturated heterocycles. The van der Waals surface area contributed by atoms with Crippen molar-refractivity contribution in [2.45, 2.75) is 60.3 Å². The van der Waals surface area contributed by atoms with Crippen molar-refractivity contribution in [3.63, 3.8) is 0 Å². The zero-order chi connectivity index (χ0) is 18.7. The first-order chi connectivity index (χ1) is 12.0. The Balaban J connectivity index is 3.17. The van der Waals surface area contributed by atoms with Gasteiger partial charge in [-0.25, -0.2) is 0 Å². The standard InChI is InChI=1S/C24H37N/c1-7-17-25(18-13-14-20(4)5)24(21(6)8-2)23(9-3)19-22-15-11-10-12-16-22/h8-12,15-16,20H,3,7,13-14,17-19H2,1-2,4-6H3/b21-8-,24-23-. The molecule has 0 saturated carbocycles. The highest BCUT2D eigenvalue weighted by molar-refractivity contribution is 5.40. The Hall–Kier alpha value is -1.76. The van der Waals surface area contributed by atoms with E-state index in [-0.39, 0.29) is 0 Å². The van der Waals surface area contributed by atoms with Gasteiger partial charge in [-0.1, -0.05) is 69.8 Å². The normalized spacial score (nSPS) is 13.0. The third-order valence-corrected chi connectivity index (χ3v) is 4.61. The molecular weight excluding hydrogens is 302 g/mol. The van der Waals surface area contributed by atoms with Crippen LogP contribution in [0.25, 0.3) is 0 Å². The van der Waals surface area contributed by atoms with Crippen molar-refractivity contribution in [3.05, 3.63) is 71.5 Å². The van der Waals surface area contributed by atoms with Gasteiger partial charge in [-0.05, 0) is 62.2 Å². The Morgan fingerprint density at radius 1 is 1.16 bits per heavy atom. The minimum absolute atomic E-state index is 0.766. The number of nitrogens with zero attached hydrogens (tertiary/aromatic N) is 1. The molecule has 0 aromatic heterocycles. The predicted octanol–water partition coefficient (Wildman–Crippen LogP) is 6.78. The molecule has 138 valence electrons. The summed E-state index contributed by atoms with van der Waals surface area (Å²) in [6.45, 7) is 17.6. The van der Waals surface area contributed by atoms with Crippen molar-refractivity contribution < 1.29 is 0 Å². The zero-order valence-corrected chi connectivity index (χ0v) is 17.0. The fourth-order valence-corrected chi connectivity index (χ4v) is 3.21. The van der Waals surface area contributed by atoms with Crippen LogP contribution in [0.2, 0.25) is 0 Å². The van der Waals surface area contributed by atoms with Crippen LogP contribution in [0.4, 0.5) is 0 Å². The van der Waals surface area contributed by atoms with E-state index in [0.717, 1.165) is 31.8 Å². The van der Waals surface area contributed by atoms with Gasteiger partial charge in [0.2, 0.25) is 0 Å². The second kappa shape index (κ2) is 11.7. The molecule has 0 aliphatic rings. The molecule has 0 radical (unpaired) electrons. The monoisotopic (exact) mass is 339 g/mol. The Bertz CT molecular complexity index is 563. The van der Waals surface area contributed by atoms with E-state index < -0.39 is 0 Å². The highest BCUT2D eigenvalue weighted by Crippen LogP contribution is 2.24. The summed E-state index contributed by atoms with van der Waals surface area (Å²) >= 11 is 0. The Labute approximate surface area is 156 Å². The van der Waals surface area contributed by atoms with Crippen LogP contribution in [0.3, 0.4) is 0 Å². The molecule has 0 amide bonds. The van der Waals surface area contributed by atoms with Gasteiger partial charge in [0.1, 0.15) is 0 Å². The molecule has 0 aliphatic carbocycles. The first-order valence-electron chi connectivity index (χ1n) is 9.81. The molecule has 0 bridgehead atoms. The molecule has 1 aromatic carbocycles. The molecule has 1 heteroatoms. The van der Waals surface area contributed by atoms with Gasteiger partial charge in [-0.2, -0.15) is 0 Å². The predicted molar refractivity (Wildman–Crippen MR) is 113 cm³/mol. The minimum atomic E-state index is 0.766. The largest absolute Gasteiger partial charge is 0.371 e. The molecule has 1 rings (SSSR count). The van der Waals surface area contributed by atoms with Crippen LogP contribution in [0.15, 0.2) is 65.9 Å². The van der Waals surface area contributed by atoms with E-state index in [0.29, 0.717) is 0 Å². The number of benzene rings is 1. The number of hydrogen-bond acceptors (Lipinski definition) is 1. The summed E-state index contributed by atoms with van der Waals surface area (Å²) in [4.78, 5) is 2.58. The van der Waals surface area contributed by atoms with E-state index in [9.17, 15) is 0 Å². The minimum Gasteiger partial charge on any atom is -0.371 e. The molecular formula is C24H37N. The number of hydrogen-bond donors (Lipinski definition) is 0. The zero-order valence-electron chi connectivity index (χ0n) is 17.0. The first-order valence-corrected chi connectivity index (χ1v) is 9.81. The van der Waals surface area contributed by atoms with Crippen molar-refractivity contribution >= 4 is 0 Å². The highest BCUT2D eigenvalue weighted by Gasteiger charge is 2.15. The van der Waals surface area contributed by atoms with Crippen LogP contribution >= 0.6 is 0 Å². The molecule has 0 aliphatic heterocycles. The van der Waals surface area contributed by atoms with Crippen molar-refractivity contribution in [2.24, 2.45) is 5.92 Å². The van der Waals surface area contributed by atoms with Crippen LogP contribution < -0.4 is 0 Å². The van der Waals surface area contributed by atoms with Gasteiger partial charge < -0.3 is 4.90 Å². The van der Waals surface area contributed by atoms with Crippen LogP contribution in [0.1, 0.15) is 59.4 Å². The molecule has 0 N–H and O–H groups in total. The third kappa shape index (κ3) is 7.34. The fourth-order valence-electron chi connectivity index (χ4n) is 3.21. The van der Waals surface area contributed by atoms with Crippen LogP contribution in [0.5, 0.6) is 0 Å². The van der Waals surface area contributed by atoms with E-state index in [1.54, 1.807) is 0 Å². The Morgan fingerprint density at radius 2 is 1.84 bits per heavy atom. The van der Waals surface area contributed by atoms with Crippen molar-refractivity contribution in [3.8, 4) is 0 Å². The second-order valence-corrected chi connectivity index (χ2v) is 7.24. The fraction of sp³-hybridized carbons (Fsp3) is 0.500. The van der Waals surface area contributed by atoms with Crippen LogP contribution in [-0.4, -0.2) is 18.0 Å². The van der Waals surface area contributed by atoms with Crippen molar-refractivity contribution in [2.75, 3.05) is 13.1 Å². The summed E-state index contributed by atoms with van der Waals surface area (Å²) < 4.78 is 0. The molecule has 0 heterocycles. The maximum absolute atomic E-state index is 4.13. The lowest BCUT2D eigenvalue weighted by Gasteiger charge is -2.30. The average molecular weight is 340 g/mol. The maximum atomic E-state index is 4.13. The smallest absolute Gasteiger partial charge is 0.0428 e. The van der Waals surface area contributed by atoms with Crippen molar-refractivity contribution in [1.29, 1.82) is 0 Å². The van der Waals surface area contributed by atoms with Gasteiger partial charge in [0.25, 0.3) is 0 Å². The quantitative estimate of drug-likeness (QED) is 0.401. The van der Waals surface area contributed by atoms with E-state index in [4.69, 9.17) is 0 Å².